The molecule has 2 fully saturated rings. The molecule has 0 aromatic carbocycles. The van der Waals surface area contributed by atoms with Gasteiger partial charge in [-0.2, -0.15) is 0 Å². The van der Waals surface area contributed by atoms with E-state index in [0.29, 0.717) is 6.54 Å². The lowest BCUT2D eigenvalue weighted by atomic mass is 9.74. The van der Waals surface area contributed by atoms with E-state index >= 15 is 0 Å². The third kappa shape index (κ3) is 3.62. The Morgan fingerprint density at radius 3 is 2.39 bits per heavy atom. The van der Waals surface area contributed by atoms with Gasteiger partial charge < -0.3 is 24.4 Å². The number of fused-ring (bicyclic) bond motifs is 2. The topological polar surface area (TPSA) is 96.4 Å². The first-order valence-electron chi connectivity index (χ1n) is 11.7. The van der Waals surface area contributed by atoms with Gasteiger partial charge in [0, 0.05) is 18.6 Å². The zero-order chi connectivity index (χ0) is 24.4. The molecule has 0 aliphatic carbocycles. The van der Waals surface area contributed by atoms with Gasteiger partial charge in [0.15, 0.2) is 0 Å². The minimum Gasteiger partial charge on any atom is -0.461 e. The lowest BCUT2D eigenvalue weighted by molar-refractivity contribution is -0.159. The molecule has 1 N–H and O–H groups in total. The molecule has 1 unspecified atom stereocenters. The van der Waals surface area contributed by atoms with Gasteiger partial charge in [-0.25, -0.2) is 0 Å². The minimum absolute atomic E-state index is 0.00739. The molecule has 8 nitrogen and oxygen atoms in total. The predicted octanol–water partition coefficient (Wildman–Crippen LogP) is 1.68. The molecular weight excluding hydrogens is 424 g/mol. The van der Waals surface area contributed by atoms with Crippen molar-refractivity contribution >= 4 is 17.8 Å². The fourth-order valence-corrected chi connectivity index (χ4v) is 6.64. The number of amides is 2. The number of likely N-dealkylation sites (tertiary alicyclic amines) is 1. The van der Waals surface area contributed by atoms with Crippen molar-refractivity contribution in [3.8, 4) is 0 Å². The van der Waals surface area contributed by atoms with E-state index in [0.717, 1.165) is 6.42 Å². The molecule has 1 spiro atoms. The summed E-state index contributed by atoms with van der Waals surface area (Å²) in [5.41, 5.74) is -2.88. The highest BCUT2D eigenvalue weighted by Crippen LogP contribution is 2.57. The van der Waals surface area contributed by atoms with Crippen LogP contribution in [0.2, 0.25) is 0 Å². The second-order valence-corrected chi connectivity index (χ2v) is 11.7. The maximum Gasteiger partial charge on any atom is 0.313 e. The van der Waals surface area contributed by atoms with E-state index in [4.69, 9.17) is 9.47 Å². The van der Waals surface area contributed by atoms with Crippen molar-refractivity contribution in [2.45, 2.75) is 70.7 Å². The Hall–Kier alpha value is -2.19. The van der Waals surface area contributed by atoms with Crippen LogP contribution in [-0.4, -0.2) is 81.8 Å². The number of ether oxygens (including phenoxy) is 2. The van der Waals surface area contributed by atoms with Crippen molar-refractivity contribution in [2.75, 3.05) is 26.3 Å². The summed E-state index contributed by atoms with van der Waals surface area (Å²) in [6.07, 6.45) is 7.95. The Bertz CT molecular complexity index is 918. The zero-order valence-electron chi connectivity index (χ0n) is 20.5. The number of aliphatic hydroxyl groups is 1. The third-order valence-corrected chi connectivity index (χ3v) is 7.35. The maximum atomic E-state index is 14.2. The molecule has 4 rings (SSSR count). The van der Waals surface area contributed by atoms with Crippen LogP contribution in [0.4, 0.5) is 0 Å². The summed E-state index contributed by atoms with van der Waals surface area (Å²) < 4.78 is 12.0. The number of esters is 1. The van der Waals surface area contributed by atoms with Crippen molar-refractivity contribution in [2.24, 2.45) is 17.3 Å². The first-order valence-corrected chi connectivity index (χ1v) is 11.7. The standard InChI is InChI=1S/C25H36N2O6/c1-22(2,3)15-23(4,5)27-11-7-10-25-16(19(29)26(12-13-28)18(25)20(27)30)17-21(31)32-14-8-9-24(17,6)33-25/h7-10,16-18,28H,11-15H2,1-6H3/t16-,17-,18?,24+,25-/m0/s1. The van der Waals surface area contributed by atoms with Gasteiger partial charge in [0.2, 0.25) is 11.8 Å². The van der Waals surface area contributed by atoms with Gasteiger partial charge in [0.25, 0.3) is 0 Å². The fraction of sp³-hybridized carbons (Fsp3) is 0.720. The zero-order valence-corrected chi connectivity index (χ0v) is 20.5. The lowest BCUT2D eigenvalue weighted by Crippen LogP contribution is -2.60. The highest BCUT2D eigenvalue weighted by atomic mass is 16.6. The van der Waals surface area contributed by atoms with Crippen molar-refractivity contribution in [1.29, 1.82) is 0 Å². The van der Waals surface area contributed by atoms with Crippen LogP contribution in [0.15, 0.2) is 24.3 Å². The van der Waals surface area contributed by atoms with Crippen molar-refractivity contribution in [3.05, 3.63) is 24.3 Å². The van der Waals surface area contributed by atoms with Gasteiger partial charge in [-0.1, -0.05) is 39.0 Å². The number of carbonyl (C=O) groups excluding carboxylic acids is 3. The van der Waals surface area contributed by atoms with Gasteiger partial charge in [0.05, 0.1) is 18.1 Å². The van der Waals surface area contributed by atoms with Crippen molar-refractivity contribution < 1.29 is 29.0 Å². The number of rotatable bonds is 4. The largest absolute Gasteiger partial charge is 0.461 e. The molecule has 8 heteroatoms. The second kappa shape index (κ2) is 7.67. The first-order chi connectivity index (χ1) is 15.3. The van der Waals surface area contributed by atoms with E-state index in [-0.39, 0.29) is 37.0 Å². The Morgan fingerprint density at radius 1 is 1.06 bits per heavy atom. The normalized spacial score (nSPS) is 36.3. The quantitative estimate of drug-likeness (QED) is 0.507. The first kappa shape index (κ1) is 24.0. The highest BCUT2D eigenvalue weighted by molar-refractivity contribution is 5.99. The lowest BCUT2D eigenvalue weighted by Gasteiger charge is -2.44. The number of β-amino-alcohol motifs (C(OH)–C–C–N with tert-alkyl or cyclic N) is 1. The molecule has 0 bridgehead atoms. The smallest absolute Gasteiger partial charge is 0.313 e. The van der Waals surface area contributed by atoms with Crippen LogP contribution in [0.3, 0.4) is 0 Å². The Balaban J connectivity index is 1.83. The molecule has 4 aliphatic heterocycles. The highest BCUT2D eigenvalue weighted by Gasteiger charge is 2.75. The molecule has 4 aliphatic rings. The van der Waals surface area contributed by atoms with Gasteiger partial charge >= 0.3 is 5.97 Å². The number of hydrogen-bond donors (Lipinski definition) is 1. The van der Waals surface area contributed by atoms with E-state index in [1.165, 1.54) is 4.90 Å². The van der Waals surface area contributed by atoms with Gasteiger partial charge in [-0.3, -0.25) is 14.4 Å². The summed E-state index contributed by atoms with van der Waals surface area (Å²) >= 11 is 0. The molecule has 0 aromatic heterocycles. The van der Waals surface area contributed by atoms with Gasteiger partial charge in [-0.05, 0) is 38.7 Å². The van der Waals surface area contributed by atoms with Crippen LogP contribution in [0.25, 0.3) is 0 Å². The Morgan fingerprint density at radius 2 is 1.76 bits per heavy atom. The number of carbonyl (C=O) groups is 3. The summed E-state index contributed by atoms with van der Waals surface area (Å²) in [6.45, 7) is 12.4. The van der Waals surface area contributed by atoms with Crippen molar-refractivity contribution in [1.82, 2.24) is 9.80 Å². The van der Waals surface area contributed by atoms with Crippen LogP contribution in [0.5, 0.6) is 0 Å². The molecule has 5 atom stereocenters. The molecule has 0 radical (unpaired) electrons. The number of nitrogens with zero attached hydrogens (tertiary/aromatic N) is 2. The fourth-order valence-electron chi connectivity index (χ4n) is 6.64. The predicted molar refractivity (Wildman–Crippen MR) is 121 cm³/mol. The summed E-state index contributed by atoms with van der Waals surface area (Å²) in [5.74, 6) is -2.86. The summed E-state index contributed by atoms with van der Waals surface area (Å²) in [7, 11) is 0. The summed E-state index contributed by atoms with van der Waals surface area (Å²) in [6, 6.07) is -0.968. The Kier molecular flexibility index (Phi) is 5.56. The van der Waals surface area contributed by atoms with Gasteiger partial charge in [-0.15, -0.1) is 0 Å². The Labute approximate surface area is 195 Å². The SMILES string of the molecule is CC(C)(C)CC(C)(C)N1CC=C[C@]23O[C@]4(C)C=CCOC(=O)[C@@H]4[C@H]2C(=O)N(CCO)C3C1=O. The van der Waals surface area contributed by atoms with Gasteiger partial charge in [0.1, 0.15) is 24.2 Å². The van der Waals surface area contributed by atoms with E-state index in [9.17, 15) is 19.5 Å². The average molecular weight is 461 g/mol. The number of aliphatic hydroxyl groups excluding tert-OH is 1. The van der Waals surface area contributed by atoms with E-state index in [2.05, 4.69) is 20.8 Å². The number of cyclic esters (lactones) is 1. The second-order valence-electron chi connectivity index (χ2n) is 11.7. The molecular formula is C25H36N2O6. The molecule has 2 amide bonds. The van der Waals surface area contributed by atoms with Crippen LogP contribution in [0, 0.1) is 17.3 Å². The van der Waals surface area contributed by atoms with E-state index in [1.807, 2.05) is 30.9 Å². The summed E-state index contributed by atoms with van der Waals surface area (Å²) in [5, 5.41) is 9.73. The van der Waals surface area contributed by atoms with Crippen LogP contribution in [0.1, 0.15) is 48.0 Å². The molecule has 33 heavy (non-hydrogen) atoms. The van der Waals surface area contributed by atoms with E-state index < -0.39 is 40.6 Å². The molecule has 2 saturated heterocycles. The molecule has 4 heterocycles. The molecule has 0 aromatic rings. The number of hydrogen-bond acceptors (Lipinski definition) is 6. The summed E-state index contributed by atoms with van der Waals surface area (Å²) in [4.78, 5) is 44.1. The monoisotopic (exact) mass is 460 g/mol. The molecule has 0 saturated carbocycles. The third-order valence-electron chi connectivity index (χ3n) is 7.35. The van der Waals surface area contributed by atoms with Crippen LogP contribution >= 0.6 is 0 Å². The van der Waals surface area contributed by atoms with Crippen LogP contribution < -0.4 is 0 Å². The van der Waals surface area contributed by atoms with E-state index in [1.54, 1.807) is 19.1 Å². The average Bonchev–Trinajstić information content (AvgIpc) is 2.91. The van der Waals surface area contributed by atoms with Crippen molar-refractivity contribution in [3.63, 3.8) is 0 Å². The maximum absolute atomic E-state index is 14.2. The van der Waals surface area contributed by atoms with Crippen LogP contribution in [-0.2, 0) is 23.9 Å². The minimum atomic E-state index is -1.31. The molecule has 182 valence electrons.